The molecule has 0 aromatic heterocycles. The number of hydrogen-bond donors (Lipinski definition) is 0. The van der Waals surface area contributed by atoms with Gasteiger partial charge in [-0.1, -0.05) is 0 Å². The molecule has 1 aliphatic carbocycles. The molecule has 1 aliphatic rings. The van der Waals surface area contributed by atoms with E-state index < -0.39 is 6.16 Å². The van der Waals surface area contributed by atoms with Crippen LogP contribution in [0.15, 0.2) is 0 Å². The van der Waals surface area contributed by atoms with Gasteiger partial charge in [-0.15, -0.1) is 0 Å². The Morgan fingerprint density at radius 2 is 2.00 bits per heavy atom. The molecule has 0 aliphatic heterocycles. The quantitative estimate of drug-likeness (QED) is 0.523. The summed E-state index contributed by atoms with van der Waals surface area (Å²) < 4.78 is 8.63. The van der Waals surface area contributed by atoms with E-state index in [1.54, 1.807) is 0 Å². The van der Waals surface area contributed by atoms with Crippen molar-refractivity contribution < 1.29 is 14.3 Å². The smallest absolute Gasteiger partial charge is 0.431 e. The van der Waals surface area contributed by atoms with Gasteiger partial charge in [0.2, 0.25) is 0 Å². The monoisotopic (exact) mass is 142 g/mol. The van der Waals surface area contributed by atoms with Crippen LogP contribution in [0.2, 0.25) is 0 Å². The maximum atomic E-state index is 10.4. The van der Waals surface area contributed by atoms with Crippen LogP contribution in [0, 0.1) is 7.11 Å². The molecular formula is C7H10O3. The van der Waals surface area contributed by atoms with Crippen LogP contribution >= 0.6 is 0 Å². The Morgan fingerprint density at radius 3 is 2.50 bits per heavy atom. The van der Waals surface area contributed by atoms with Gasteiger partial charge in [-0.3, -0.25) is 0 Å². The van der Waals surface area contributed by atoms with Gasteiger partial charge in [0.05, 0.1) is 0 Å². The van der Waals surface area contributed by atoms with Gasteiger partial charge in [-0.25, -0.2) is 4.79 Å². The molecular weight excluding hydrogens is 132 g/mol. The lowest BCUT2D eigenvalue weighted by Gasteiger charge is -2.07. The Labute approximate surface area is 60.3 Å². The topological polar surface area (TPSA) is 35.5 Å². The lowest BCUT2D eigenvalue weighted by molar-refractivity contribution is 0.0479. The van der Waals surface area contributed by atoms with Crippen LogP contribution in [0.4, 0.5) is 4.79 Å². The van der Waals surface area contributed by atoms with Crippen molar-refractivity contribution in [2.45, 2.75) is 31.8 Å². The fourth-order valence-electron chi connectivity index (χ4n) is 1.17. The molecule has 0 amide bonds. The summed E-state index contributed by atoms with van der Waals surface area (Å²) in [5.41, 5.74) is 0. The largest absolute Gasteiger partial charge is 0.509 e. The summed E-state index contributed by atoms with van der Waals surface area (Å²) in [5, 5.41) is 0. The molecule has 0 heterocycles. The molecule has 10 heavy (non-hydrogen) atoms. The molecule has 3 heteroatoms. The van der Waals surface area contributed by atoms with Gasteiger partial charge in [0.15, 0.2) is 7.11 Å². The van der Waals surface area contributed by atoms with E-state index >= 15 is 0 Å². The summed E-state index contributed by atoms with van der Waals surface area (Å²) in [6, 6.07) is 0. The van der Waals surface area contributed by atoms with Crippen LogP contribution in [0.25, 0.3) is 0 Å². The number of rotatable bonds is 1. The van der Waals surface area contributed by atoms with Crippen molar-refractivity contribution in [3.63, 3.8) is 0 Å². The van der Waals surface area contributed by atoms with Crippen LogP contribution in [-0.4, -0.2) is 12.3 Å². The van der Waals surface area contributed by atoms with Gasteiger partial charge < -0.3 is 9.47 Å². The minimum Gasteiger partial charge on any atom is -0.431 e. The third-order valence-corrected chi connectivity index (χ3v) is 1.66. The zero-order valence-electron chi connectivity index (χ0n) is 5.71. The molecule has 3 nitrogen and oxygen atoms in total. The van der Waals surface area contributed by atoms with Crippen LogP contribution in [0.3, 0.4) is 0 Å². The van der Waals surface area contributed by atoms with Crippen LogP contribution in [0.5, 0.6) is 0 Å². The first-order chi connectivity index (χ1) is 4.83. The number of ether oxygens (including phenoxy) is 2. The van der Waals surface area contributed by atoms with E-state index in [1.165, 1.54) is 0 Å². The van der Waals surface area contributed by atoms with E-state index in [-0.39, 0.29) is 6.10 Å². The van der Waals surface area contributed by atoms with E-state index in [4.69, 9.17) is 4.74 Å². The maximum Gasteiger partial charge on any atom is 0.509 e. The molecule has 1 rings (SSSR count). The molecule has 0 atom stereocenters. The highest BCUT2D eigenvalue weighted by molar-refractivity contribution is 5.60. The molecule has 56 valence electrons. The van der Waals surface area contributed by atoms with Crippen molar-refractivity contribution >= 4 is 6.16 Å². The Bertz CT molecular complexity index is 116. The molecule has 0 spiro atoms. The predicted octanol–water partition coefficient (Wildman–Crippen LogP) is 1.75. The second-order valence-corrected chi connectivity index (χ2v) is 2.39. The average molecular weight is 142 g/mol. The standard InChI is InChI=1S/C7H10O3/c1-9-7(8)10-6-4-2-3-5-6/h1,6H,2-5H2. The van der Waals surface area contributed by atoms with E-state index in [2.05, 4.69) is 11.8 Å². The van der Waals surface area contributed by atoms with Crippen LogP contribution in [-0.2, 0) is 9.47 Å². The third-order valence-electron chi connectivity index (χ3n) is 1.66. The Balaban J connectivity index is 2.17. The van der Waals surface area contributed by atoms with Crippen molar-refractivity contribution in [1.29, 1.82) is 0 Å². The summed E-state index contributed by atoms with van der Waals surface area (Å²) in [6.07, 6.45) is 3.40. The van der Waals surface area contributed by atoms with Gasteiger partial charge in [0.25, 0.3) is 0 Å². The van der Waals surface area contributed by atoms with Crippen molar-refractivity contribution in [1.82, 2.24) is 0 Å². The van der Waals surface area contributed by atoms with E-state index in [0.29, 0.717) is 0 Å². The van der Waals surface area contributed by atoms with Gasteiger partial charge in [0, 0.05) is 0 Å². The summed E-state index contributed by atoms with van der Waals surface area (Å²) >= 11 is 0. The summed E-state index contributed by atoms with van der Waals surface area (Å²) in [6.45, 7) is 0. The first kappa shape index (κ1) is 7.38. The number of hydrogen-bond acceptors (Lipinski definition) is 3. The normalized spacial score (nSPS) is 18.9. The minimum atomic E-state index is -0.771. The highest BCUT2D eigenvalue weighted by atomic mass is 16.7. The average Bonchev–Trinajstić information content (AvgIpc) is 2.40. The van der Waals surface area contributed by atoms with E-state index in [1.807, 2.05) is 0 Å². The fraction of sp³-hybridized carbons (Fsp3) is 0.714. The first-order valence-electron chi connectivity index (χ1n) is 3.40. The lowest BCUT2D eigenvalue weighted by Crippen LogP contribution is -2.13. The zero-order chi connectivity index (χ0) is 7.40. The molecule has 1 fully saturated rings. The molecule has 1 saturated carbocycles. The van der Waals surface area contributed by atoms with Crippen molar-refractivity contribution in [3.8, 4) is 0 Å². The van der Waals surface area contributed by atoms with Gasteiger partial charge in [-0.2, -0.15) is 0 Å². The summed E-state index contributed by atoms with van der Waals surface area (Å²) in [5.74, 6) is 0. The third kappa shape index (κ3) is 1.90. The molecule has 0 saturated heterocycles. The van der Waals surface area contributed by atoms with Gasteiger partial charge in [0.1, 0.15) is 6.10 Å². The van der Waals surface area contributed by atoms with Gasteiger partial charge >= 0.3 is 6.16 Å². The van der Waals surface area contributed by atoms with E-state index in [0.717, 1.165) is 25.7 Å². The van der Waals surface area contributed by atoms with Crippen molar-refractivity contribution in [2.75, 3.05) is 0 Å². The molecule has 2 radical (unpaired) electrons. The predicted molar refractivity (Wildman–Crippen MR) is 34.1 cm³/mol. The Morgan fingerprint density at radius 1 is 1.40 bits per heavy atom. The van der Waals surface area contributed by atoms with Crippen molar-refractivity contribution in [3.05, 3.63) is 7.11 Å². The number of carbonyl (C=O) groups is 1. The molecule has 0 aromatic carbocycles. The highest BCUT2D eigenvalue weighted by Gasteiger charge is 2.18. The summed E-state index contributed by atoms with van der Waals surface area (Å²) in [4.78, 5) is 10.4. The van der Waals surface area contributed by atoms with Crippen LogP contribution < -0.4 is 0 Å². The SMILES string of the molecule is [CH]OC(=O)OC1CCCC1. The molecule has 0 aromatic rings. The Kier molecular flexibility index (Phi) is 2.54. The Hall–Kier alpha value is -0.730. The fourth-order valence-corrected chi connectivity index (χ4v) is 1.17. The van der Waals surface area contributed by atoms with E-state index in [9.17, 15) is 4.79 Å². The lowest BCUT2D eigenvalue weighted by atomic mass is 10.3. The molecule has 0 unspecified atom stereocenters. The zero-order valence-corrected chi connectivity index (χ0v) is 5.71. The maximum absolute atomic E-state index is 10.4. The second kappa shape index (κ2) is 3.44. The minimum absolute atomic E-state index is 0.0380. The highest BCUT2D eigenvalue weighted by Crippen LogP contribution is 2.21. The summed E-state index contributed by atoms with van der Waals surface area (Å²) in [7, 11) is 4.58. The van der Waals surface area contributed by atoms with Crippen molar-refractivity contribution in [2.24, 2.45) is 0 Å². The van der Waals surface area contributed by atoms with Crippen LogP contribution in [0.1, 0.15) is 25.7 Å². The molecule has 0 bridgehead atoms. The second-order valence-electron chi connectivity index (χ2n) is 2.39. The molecule has 0 N–H and O–H groups in total. The van der Waals surface area contributed by atoms with Gasteiger partial charge in [-0.05, 0) is 25.7 Å². The first-order valence-corrected chi connectivity index (χ1v) is 3.40. The number of carbonyl (C=O) groups excluding carboxylic acids is 1.